The van der Waals surface area contributed by atoms with Crippen LogP contribution in [0.2, 0.25) is 5.02 Å². The van der Waals surface area contributed by atoms with Gasteiger partial charge in [-0.3, -0.25) is 9.69 Å². The number of carbonyl (C=O) groups excluding carboxylic acids is 1. The molecule has 1 aliphatic rings. The first-order valence-corrected chi connectivity index (χ1v) is 7.83. The summed E-state index contributed by atoms with van der Waals surface area (Å²) in [6, 6.07) is 7.32. The van der Waals surface area contributed by atoms with Gasteiger partial charge in [0.25, 0.3) is 0 Å². The average molecular weight is 310 g/mol. The molecule has 0 radical (unpaired) electrons. The summed E-state index contributed by atoms with van der Waals surface area (Å²) in [7, 11) is 3.89. The zero-order chi connectivity index (χ0) is 15.4. The molecule has 21 heavy (non-hydrogen) atoms. The van der Waals surface area contributed by atoms with Crippen molar-refractivity contribution in [1.82, 2.24) is 14.7 Å². The highest BCUT2D eigenvalue weighted by Crippen LogP contribution is 2.23. The highest BCUT2D eigenvalue weighted by molar-refractivity contribution is 6.30. The van der Waals surface area contributed by atoms with Gasteiger partial charge in [0.05, 0.1) is 0 Å². The summed E-state index contributed by atoms with van der Waals surface area (Å²) in [5, 5.41) is 0.695. The molecule has 1 aromatic rings. The van der Waals surface area contributed by atoms with Gasteiger partial charge < -0.3 is 9.80 Å². The molecule has 1 unspecified atom stereocenters. The third-order valence-electron chi connectivity index (χ3n) is 4.07. The van der Waals surface area contributed by atoms with E-state index >= 15 is 0 Å². The van der Waals surface area contributed by atoms with Gasteiger partial charge in [-0.1, -0.05) is 30.7 Å². The summed E-state index contributed by atoms with van der Waals surface area (Å²) in [6.45, 7) is 6.76. The molecule has 1 atom stereocenters. The van der Waals surface area contributed by atoms with Crippen LogP contribution in [0.5, 0.6) is 0 Å². The molecule has 1 fully saturated rings. The summed E-state index contributed by atoms with van der Waals surface area (Å²) in [6.07, 6.45) is 0. The molecule has 2 rings (SSSR count). The van der Waals surface area contributed by atoms with Crippen LogP contribution >= 0.6 is 11.6 Å². The Morgan fingerprint density at radius 2 is 1.76 bits per heavy atom. The predicted octanol–water partition coefficient (Wildman–Crippen LogP) is 2.11. The van der Waals surface area contributed by atoms with E-state index in [2.05, 4.69) is 11.8 Å². The molecule has 0 spiro atoms. The number of hydrogen-bond donors (Lipinski definition) is 0. The van der Waals surface area contributed by atoms with E-state index in [4.69, 9.17) is 11.6 Å². The molecule has 0 N–H and O–H groups in total. The minimum Gasteiger partial charge on any atom is -0.338 e. The molecule has 0 aliphatic carbocycles. The molecular formula is C16H24ClN3O. The zero-order valence-corrected chi connectivity index (χ0v) is 13.8. The van der Waals surface area contributed by atoms with E-state index in [9.17, 15) is 4.79 Å². The van der Waals surface area contributed by atoms with Crippen molar-refractivity contribution < 1.29 is 4.79 Å². The number of amides is 1. The van der Waals surface area contributed by atoms with Crippen molar-refractivity contribution in [2.24, 2.45) is 0 Å². The normalized spacial score (nSPS) is 18.0. The molecule has 5 heteroatoms. The van der Waals surface area contributed by atoms with Crippen molar-refractivity contribution in [2.75, 3.05) is 46.8 Å². The van der Waals surface area contributed by atoms with Crippen LogP contribution in [0.15, 0.2) is 24.3 Å². The van der Waals surface area contributed by atoms with Crippen LogP contribution in [0, 0.1) is 0 Å². The first-order chi connectivity index (χ1) is 10.0. The molecule has 1 saturated heterocycles. The van der Waals surface area contributed by atoms with E-state index < -0.39 is 0 Å². The van der Waals surface area contributed by atoms with E-state index in [1.165, 1.54) is 0 Å². The summed E-state index contributed by atoms with van der Waals surface area (Å²) in [5.74, 6) is 0.179. The highest BCUT2D eigenvalue weighted by atomic mass is 35.5. The van der Waals surface area contributed by atoms with Gasteiger partial charge in [0.15, 0.2) is 0 Å². The standard InChI is InChI=1S/C16H24ClN3O/c1-4-19-9-11-20(12-10-19)16(21)15(18(2)3)13-5-7-14(17)8-6-13/h5-8,15H,4,9-12H2,1-3H3. The lowest BCUT2D eigenvalue weighted by Gasteiger charge is -2.37. The summed E-state index contributed by atoms with van der Waals surface area (Å²) in [5.41, 5.74) is 0.993. The highest BCUT2D eigenvalue weighted by Gasteiger charge is 2.29. The lowest BCUT2D eigenvalue weighted by atomic mass is 10.0. The number of hydrogen-bond acceptors (Lipinski definition) is 3. The SMILES string of the molecule is CCN1CCN(C(=O)C(c2ccc(Cl)cc2)N(C)C)CC1. The number of rotatable bonds is 4. The lowest BCUT2D eigenvalue weighted by molar-refractivity contribution is -0.138. The number of piperazine rings is 1. The second-order valence-corrected chi connectivity index (χ2v) is 6.11. The average Bonchev–Trinajstić information content (AvgIpc) is 2.49. The summed E-state index contributed by atoms with van der Waals surface area (Å²) < 4.78 is 0. The maximum atomic E-state index is 12.9. The number of likely N-dealkylation sites (N-methyl/N-ethyl adjacent to an activating group) is 2. The quantitative estimate of drug-likeness (QED) is 0.852. The summed E-state index contributed by atoms with van der Waals surface area (Å²) >= 11 is 5.94. The molecule has 0 bridgehead atoms. The van der Waals surface area contributed by atoms with Gasteiger partial charge in [-0.15, -0.1) is 0 Å². The van der Waals surface area contributed by atoms with Crippen molar-refractivity contribution in [3.8, 4) is 0 Å². The van der Waals surface area contributed by atoms with Crippen LogP contribution < -0.4 is 0 Å². The van der Waals surface area contributed by atoms with Crippen LogP contribution in [0.1, 0.15) is 18.5 Å². The largest absolute Gasteiger partial charge is 0.338 e. The van der Waals surface area contributed by atoms with Crippen molar-refractivity contribution >= 4 is 17.5 Å². The third-order valence-corrected chi connectivity index (χ3v) is 4.32. The molecule has 1 aliphatic heterocycles. The maximum absolute atomic E-state index is 12.9. The Hall–Kier alpha value is -1.10. The lowest BCUT2D eigenvalue weighted by Crippen LogP contribution is -2.51. The van der Waals surface area contributed by atoms with Crippen LogP contribution in [0.25, 0.3) is 0 Å². The Morgan fingerprint density at radius 1 is 1.19 bits per heavy atom. The number of carbonyl (C=O) groups is 1. The van der Waals surface area contributed by atoms with E-state index in [1.54, 1.807) is 0 Å². The van der Waals surface area contributed by atoms with Gasteiger partial charge in [-0.2, -0.15) is 0 Å². The zero-order valence-electron chi connectivity index (χ0n) is 13.1. The van der Waals surface area contributed by atoms with E-state index in [1.807, 2.05) is 48.2 Å². The van der Waals surface area contributed by atoms with Crippen molar-refractivity contribution in [2.45, 2.75) is 13.0 Å². The smallest absolute Gasteiger partial charge is 0.244 e. The fraction of sp³-hybridized carbons (Fsp3) is 0.562. The second kappa shape index (κ2) is 7.25. The number of nitrogens with zero attached hydrogens (tertiary/aromatic N) is 3. The number of halogens is 1. The molecule has 116 valence electrons. The van der Waals surface area contributed by atoms with Gasteiger partial charge in [0.1, 0.15) is 6.04 Å². The second-order valence-electron chi connectivity index (χ2n) is 5.68. The Kier molecular flexibility index (Phi) is 5.62. The Bertz CT molecular complexity index is 467. The van der Waals surface area contributed by atoms with Crippen LogP contribution in [-0.4, -0.2) is 67.4 Å². The van der Waals surface area contributed by atoms with Crippen molar-refractivity contribution in [3.63, 3.8) is 0 Å². The van der Waals surface area contributed by atoms with Crippen molar-refractivity contribution in [1.29, 1.82) is 0 Å². The van der Waals surface area contributed by atoms with Gasteiger partial charge >= 0.3 is 0 Å². The first kappa shape index (κ1) is 16.3. The van der Waals surface area contributed by atoms with Crippen LogP contribution in [-0.2, 0) is 4.79 Å². The first-order valence-electron chi connectivity index (χ1n) is 7.46. The Labute approximate surface area is 132 Å². The molecule has 4 nitrogen and oxygen atoms in total. The minimum absolute atomic E-state index is 0.179. The monoisotopic (exact) mass is 309 g/mol. The number of benzene rings is 1. The fourth-order valence-electron chi connectivity index (χ4n) is 2.76. The van der Waals surface area contributed by atoms with Crippen molar-refractivity contribution in [3.05, 3.63) is 34.9 Å². The molecule has 1 amide bonds. The Balaban J connectivity index is 2.11. The van der Waals surface area contributed by atoms with Gasteiger partial charge in [-0.25, -0.2) is 0 Å². The van der Waals surface area contributed by atoms with Crippen LogP contribution in [0.4, 0.5) is 0 Å². The topological polar surface area (TPSA) is 26.8 Å². The van der Waals surface area contributed by atoms with Crippen LogP contribution in [0.3, 0.4) is 0 Å². The predicted molar refractivity (Wildman–Crippen MR) is 86.6 cm³/mol. The molecule has 1 aromatic carbocycles. The molecule has 0 aromatic heterocycles. The summed E-state index contributed by atoms with van der Waals surface area (Å²) in [4.78, 5) is 19.2. The fourth-order valence-corrected chi connectivity index (χ4v) is 2.89. The van der Waals surface area contributed by atoms with Gasteiger partial charge in [0.2, 0.25) is 5.91 Å². The Morgan fingerprint density at radius 3 is 2.24 bits per heavy atom. The minimum atomic E-state index is -0.240. The molecule has 0 saturated carbocycles. The van der Waals surface area contributed by atoms with E-state index in [0.29, 0.717) is 5.02 Å². The van der Waals surface area contributed by atoms with E-state index in [-0.39, 0.29) is 11.9 Å². The third kappa shape index (κ3) is 3.96. The molecule has 1 heterocycles. The van der Waals surface area contributed by atoms with E-state index in [0.717, 1.165) is 38.3 Å². The molecular weight excluding hydrogens is 286 g/mol. The van der Waals surface area contributed by atoms with Gasteiger partial charge in [-0.05, 0) is 38.3 Å². The van der Waals surface area contributed by atoms with Gasteiger partial charge in [0, 0.05) is 31.2 Å². The maximum Gasteiger partial charge on any atom is 0.244 e.